The van der Waals surface area contributed by atoms with Crippen LogP contribution in [0.4, 0.5) is 15.8 Å². The van der Waals surface area contributed by atoms with Gasteiger partial charge >= 0.3 is 0 Å². The SMILES string of the molecule is COc1cc(F)ccc1NC1CCC2(CC1)C(=O)Nc1ccccc12. The van der Waals surface area contributed by atoms with Gasteiger partial charge in [0.2, 0.25) is 5.91 Å². The first-order valence-electron chi connectivity index (χ1n) is 8.63. The lowest BCUT2D eigenvalue weighted by Crippen LogP contribution is -2.41. The number of ether oxygens (including phenoxy) is 1. The van der Waals surface area contributed by atoms with Crippen molar-refractivity contribution in [2.24, 2.45) is 0 Å². The number of carbonyl (C=O) groups is 1. The minimum Gasteiger partial charge on any atom is -0.494 e. The third kappa shape index (κ3) is 2.64. The van der Waals surface area contributed by atoms with E-state index in [2.05, 4.69) is 16.7 Å². The van der Waals surface area contributed by atoms with E-state index in [1.165, 1.54) is 19.2 Å². The van der Waals surface area contributed by atoms with Crippen molar-refractivity contribution in [2.45, 2.75) is 37.1 Å². The molecule has 0 bridgehead atoms. The molecule has 130 valence electrons. The van der Waals surface area contributed by atoms with Crippen molar-refractivity contribution in [3.8, 4) is 5.75 Å². The molecule has 1 heterocycles. The number of nitrogens with one attached hydrogen (secondary N) is 2. The molecule has 1 saturated carbocycles. The monoisotopic (exact) mass is 340 g/mol. The van der Waals surface area contributed by atoms with E-state index in [0.29, 0.717) is 5.75 Å². The van der Waals surface area contributed by atoms with Crippen LogP contribution < -0.4 is 15.4 Å². The van der Waals surface area contributed by atoms with Gasteiger partial charge in [-0.1, -0.05) is 18.2 Å². The van der Waals surface area contributed by atoms with E-state index in [1.807, 2.05) is 18.2 Å². The van der Waals surface area contributed by atoms with E-state index in [1.54, 1.807) is 6.07 Å². The summed E-state index contributed by atoms with van der Waals surface area (Å²) in [6.45, 7) is 0. The van der Waals surface area contributed by atoms with Crippen LogP contribution in [0, 0.1) is 5.82 Å². The van der Waals surface area contributed by atoms with Crippen LogP contribution in [0.5, 0.6) is 5.75 Å². The molecule has 2 aliphatic rings. The summed E-state index contributed by atoms with van der Waals surface area (Å²) in [6, 6.07) is 12.7. The van der Waals surface area contributed by atoms with E-state index >= 15 is 0 Å². The fraction of sp³-hybridized carbons (Fsp3) is 0.350. The molecule has 0 aromatic heterocycles. The zero-order valence-corrected chi connectivity index (χ0v) is 14.1. The lowest BCUT2D eigenvalue weighted by molar-refractivity contribution is -0.122. The van der Waals surface area contributed by atoms with Crippen LogP contribution >= 0.6 is 0 Å². The van der Waals surface area contributed by atoms with Gasteiger partial charge in [-0.15, -0.1) is 0 Å². The molecule has 2 aromatic carbocycles. The largest absolute Gasteiger partial charge is 0.494 e. The fourth-order valence-corrected chi connectivity index (χ4v) is 4.13. The average molecular weight is 340 g/mol. The molecule has 4 rings (SSSR count). The van der Waals surface area contributed by atoms with Gasteiger partial charge in [0.25, 0.3) is 0 Å². The molecule has 1 amide bonds. The molecule has 2 N–H and O–H groups in total. The second-order valence-corrected chi connectivity index (χ2v) is 6.85. The topological polar surface area (TPSA) is 50.4 Å². The number of halogens is 1. The number of carbonyl (C=O) groups excluding carboxylic acids is 1. The van der Waals surface area contributed by atoms with Crippen molar-refractivity contribution in [1.29, 1.82) is 0 Å². The summed E-state index contributed by atoms with van der Waals surface area (Å²) in [7, 11) is 1.54. The Morgan fingerprint density at radius 2 is 1.96 bits per heavy atom. The fourth-order valence-electron chi connectivity index (χ4n) is 4.13. The first-order chi connectivity index (χ1) is 12.1. The highest BCUT2D eigenvalue weighted by atomic mass is 19.1. The molecule has 0 atom stereocenters. The van der Waals surface area contributed by atoms with E-state index in [4.69, 9.17) is 4.74 Å². The molecule has 1 aliphatic heterocycles. The van der Waals surface area contributed by atoms with Gasteiger partial charge in [-0.05, 0) is 49.4 Å². The van der Waals surface area contributed by atoms with Crippen LogP contribution in [0.1, 0.15) is 31.2 Å². The number of anilines is 2. The minimum absolute atomic E-state index is 0.117. The van der Waals surface area contributed by atoms with Gasteiger partial charge in [0.15, 0.2) is 0 Å². The zero-order chi connectivity index (χ0) is 17.4. The number of amides is 1. The Balaban J connectivity index is 1.50. The Labute approximate surface area is 146 Å². The van der Waals surface area contributed by atoms with Crippen molar-refractivity contribution >= 4 is 17.3 Å². The van der Waals surface area contributed by atoms with Gasteiger partial charge in [0.1, 0.15) is 11.6 Å². The summed E-state index contributed by atoms with van der Waals surface area (Å²) >= 11 is 0. The first-order valence-corrected chi connectivity index (χ1v) is 8.63. The molecule has 0 unspecified atom stereocenters. The molecule has 0 saturated heterocycles. The van der Waals surface area contributed by atoms with Crippen molar-refractivity contribution in [3.05, 3.63) is 53.8 Å². The van der Waals surface area contributed by atoms with Crippen molar-refractivity contribution in [1.82, 2.24) is 0 Å². The van der Waals surface area contributed by atoms with E-state index in [9.17, 15) is 9.18 Å². The number of rotatable bonds is 3. The Bertz CT molecular complexity index is 813. The van der Waals surface area contributed by atoms with Gasteiger partial charge in [0, 0.05) is 17.8 Å². The summed E-state index contributed by atoms with van der Waals surface area (Å²) in [5.41, 5.74) is 2.46. The van der Waals surface area contributed by atoms with Crippen LogP contribution in [0.25, 0.3) is 0 Å². The first kappa shape index (κ1) is 15.9. The molecule has 4 nitrogen and oxygen atoms in total. The third-order valence-electron chi connectivity index (χ3n) is 5.49. The standard InChI is InChI=1S/C20H21FN2O2/c1-25-18-12-13(21)6-7-17(18)22-14-8-10-20(11-9-14)15-4-2-3-5-16(15)23-19(20)24/h2-7,12,14,22H,8-11H2,1H3,(H,23,24). The molecule has 2 aromatic rings. The lowest BCUT2D eigenvalue weighted by atomic mass is 9.69. The molecule has 1 spiro atoms. The summed E-state index contributed by atoms with van der Waals surface area (Å²) in [5, 5.41) is 6.48. The number of hydrogen-bond donors (Lipinski definition) is 2. The predicted molar refractivity (Wildman–Crippen MR) is 95.6 cm³/mol. The normalized spacial score (nSPS) is 24.7. The van der Waals surface area contributed by atoms with Crippen molar-refractivity contribution in [2.75, 3.05) is 17.7 Å². The van der Waals surface area contributed by atoms with Gasteiger partial charge in [0.05, 0.1) is 18.2 Å². The van der Waals surface area contributed by atoms with Crippen molar-refractivity contribution < 1.29 is 13.9 Å². The molecule has 25 heavy (non-hydrogen) atoms. The van der Waals surface area contributed by atoms with E-state index in [0.717, 1.165) is 42.6 Å². The Hall–Kier alpha value is -2.56. The van der Waals surface area contributed by atoms with Crippen LogP contribution in [-0.2, 0) is 10.2 Å². The highest BCUT2D eigenvalue weighted by molar-refractivity contribution is 6.06. The van der Waals surface area contributed by atoms with Gasteiger partial charge in [-0.3, -0.25) is 4.79 Å². The second-order valence-electron chi connectivity index (χ2n) is 6.85. The van der Waals surface area contributed by atoms with E-state index in [-0.39, 0.29) is 17.8 Å². The maximum Gasteiger partial charge on any atom is 0.235 e. The quantitative estimate of drug-likeness (QED) is 0.885. The second kappa shape index (κ2) is 6.06. The number of benzene rings is 2. The predicted octanol–water partition coefficient (Wildman–Crippen LogP) is 4.08. The maximum absolute atomic E-state index is 13.3. The average Bonchev–Trinajstić information content (AvgIpc) is 2.90. The molecule has 1 fully saturated rings. The Kier molecular flexibility index (Phi) is 3.86. The van der Waals surface area contributed by atoms with Gasteiger partial charge < -0.3 is 15.4 Å². The molecule has 0 radical (unpaired) electrons. The van der Waals surface area contributed by atoms with E-state index < -0.39 is 5.41 Å². The number of fused-ring (bicyclic) bond motifs is 2. The molecular formula is C20H21FN2O2. The molecule has 5 heteroatoms. The summed E-state index contributed by atoms with van der Waals surface area (Å²) in [5.74, 6) is 0.306. The molecule has 1 aliphatic carbocycles. The number of hydrogen-bond acceptors (Lipinski definition) is 3. The van der Waals surface area contributed by atoms with Gasteiger partial charge in [-0.2, -0.15) is 0 Å². The smallest absolute Gasteiger partial charge is 0.235 e. The summed E-state index contributed by atoms with van der Waals surface area (Å²) in [6.07, 6.45) is 3.36. The summed E-state index contributed by atoms with van der Waals surface area (Å²) in [4.78, 5) is 12.6. The summed E-state index contributed by atoms with van der Waals surface area (Å²) < 4.78 is 18.6. The van der Waals surface area contributed by atoms with Crippen LogP contribution in [0.3, 0.4) is 0 Å². The minimum atomic E-state index is -0.401. The van der Waals surface area contributed by atoms with Crippen molar-refractivity contribution in [3.63, 3.8) is 0 Å². The maximum atomic E-state index is 13.3. The molecular weight excluding hydrogens is 319 g/mol. The van der Waals surface area contributed by atoms with Crippen LogP contribution in [-0.4, -0.2) is 19.1 Å². The van der Waals surface area contributed by atoms with Crippen LogP contribution in [0.2, 0.25) is 0 Å². The Morgan fingerprint density at radius 1 is 1.20 bits per heavy atom. The highest BCUT2D eigenvalue weighted by Gasteiger charge is 2.48. The van der Waals surface area contributed by atoms with Crippen LogP contribution in [0.15, 0.2) is 42.5 Å². The van der Waals surface area contributed by atoms with Gasteiger partial charge in [-0.25, -0.2) is 4.39 Å². The Morgan fingerprint density at radius 3 is 2.72 bits per heavy atom. The number of para-hydroxylation sites is 1. The zero-order valence-electron chi connectivity index (χ0n) is 14.1. The third-order valence-corrected chi connectivity index (χ3v) is 5.49. The highest BCUT2D eigenvalue weighted by Crippen LogP contribution is 2.47. The number of methoxy groups -OCH3 is 1. The lowest BCUT2D eigenvalue weighted by Gasteiger charge is -2.36.